The first-order valence-corrected chi connectivity index (χ1v) is 8.86. The Morgan fingerprint density at radius 3 is 2.52 bits per heavy atom. The fraction of sp³-hybridized carbons (Fsp3) is 0.556. The Bertz CT molecular complexity index is 644. The number of alkyl halides is 3. The molecule has 0 radical (unpaired) electrons. The topological polar surface area (TPSA) is 84.7 Å². The molecular weight excluding hydrogens is 363 g/mol. The number of nitrogens with one attached hydrogen (secondary N) is 1. The first kappa shape index (κ1) is 21.2. The normalized spacial score (nSPS) is 15.6. The van der Waals surface area contributed by atoms with Gasteiger partial charge in [-0.15, -0.1) is 0 Å². The van der Waals surface area contributed by atoms with Crippen molar-refractivity contribution in [1.82, 2.24) is 10.2 Å². The van der Waals surface area contributed by atoms with Gasteiger partial charge in [0, 0.05) is 19.7 Å². The molecule has 0 spiro atoms. The van der Waals surface area contributed by atoms with Gasteiger partial charge in [0.2, 0.25) is 5.91 Å². The monoisotopic (exact) mass is 387 g/mol. The van der Waals surface area contributed by atoms with Gasteiger partial charge in [-0.3, -0.25) is 9.59 Å². The van der Waals surface area contributed by atoms with Gasteiger partial charge in [0.05, 0.1) is 23.8 Å². The molecule has 2 rings (SSSR count). The van der Waals surface area contributed by atoms with Crippen LogP contribution in [0.25, 0.3) is 0 Å². The zero-order valence-corrected chi connectivity index (χ0v) is 14.9. The summed E-state index contributed by atoms with van der Waals surface area (Å²) in [4.78, 5) is 25.9. The van der Waals surface area contributed by atoms with Crippen molar-refractivity contribution in [2.24, 2.45) is 5.73 Å². The molecule has 150 valence electrons. The van der Waals surface area contributed by atoms with Gasteiger partial charge in [-0.2, -0.15) is 13.2 Å². The summed E-state index contributed by atoms with van der Waals surface area (Å²) in [6.07, 6.45) is -2.41. The molecule has 0 aliphatic carbocycles. The van der Waals surface area contributed by atoms with Gasteiger partial charge in [-0.25, -0.2) is 0 Å². The van der Waals surface area contributed by atoms with E-state index < -0.39 is 23.2 Å². The number of hydrogen-bond acceptors (Lipinski definition) is 4. The lowest BCUT2D eigenvalue weighted by molar-refractivity contribution is -0.138. The van der Waals surface area contributed by atoms with Crippen LogP contribution in [0.1, 0.15) is 35.2 Å². The van der Waals surface area contributed by atoms with E-state index in [1.807, 2.05) is 0 Å². The van der Waals surface area contributed by atoms with Crippen LogP contribution in [-0.4, -0.2) is 55.6 Å². The highest BCUT2D eigenvalue weighted by Crippen LogP contribution is 2.31. The second-order valence-electron chi connectivity index (χ2n) is 6.32. The van der Waals surface area contributed by atoms with E-state index in [1.165, 1.54) is 12.1 Å². The maximum atomic E-state index is 13.0. The smallest absolute Gasteiger partial charge is 0.378 e. The van der Waals surface area contributed by atoms with Crippen molar-refractivity contribution in [3.63, 3.8) is 0 Å². The van der Waals surface area contributed by atoms with E-state index in [4.69, 9.17) is 10.5 Å². The predicted molar refractivity (Wildman–Crippen MR) is 93.0 cm³/mol. The minimum Gasteiger partial charge on any atom is -0.378 e. The fourth-order valence-corrected chi connectivity index (χ4v) is 2.90. The molecule has 0 unspecified atom stereocenters. The van der Waals surface area contributed by atoms with Crippen molar-refractivity contribution in [1.29, 1.82) is 0 Å². The number of halogens is 3. The minimum atomic E-state index is -4.64. The number of benzene rings is 1. The minimum absolute atomic E-state index is 0.0776. The third-order valence-electron chi connectivity index (χ3n) is 4.37. The molecule has 0 atom stereocenters. The summed E-state index contributed by atoms with van der Waals surface area (Å²) in [5.41, 5.74) is 3.89. The summed E-state index contributed by atoms with van der Waals surface area (Å²) >= 11 is 0. The highest BCUT2D eigenvalue weighted by molar-refractivity contribution is 5.97. The molecule has 1 heterocycles. The van der Waals surface area contributed by atoms with E-state index in [0.29, 0.717) is 39.1 Å². The van der Waals surface area contributed by atoms with Gasteiger partial charge in [0.15, 0.2) is 0 Å². The summed E-state index contributed by atoms with van der Waals surface area (Å²) in [5, 5.41) is 2.29. The molecule has 9 heteroatoms. The van der Waals surface area contributed by atoms with Crippen molar-refractivity contribution in [3.05, 3.63) is 35.4 Å². The van der Waals surface area contributed by atoms with E-state index in [1.54, 1.807) is 4.90 Å². The number of carbonyl (C=O) groups excluding carboxylic acids is 2. The molecule has 1 aromatic carbocycles. The van der Waals surface area contributed by atoms with Gasteiger partial charge in [0.1, 0.15) is 0 Å². The Hall–Kier alpha value is -2.13. The molecular formula is C18H24F3N3O3. The van der Waals surface area contributed by atoms with E-state index in [9.17, 15) is 22.8 Å². The lowest BCUT2D eigenvalue weighted by atomic mass is 10.1. The number of piperidine rings is 1. The number of nitrogens with two attached hydrogens (primary N) is 1. The average Bonchev–Trinajstić information content (AvgIpc) is 2.66. The Morgan fingerprint density at radius 2 is 1.89 bits per heavy atom. The predicted octanol–water partition coefficient (Wildman–Crippen LogP) is 1.79. The van der Waals surface area contributed by atoms with Crippen LogP contribution in [0.15, 0.2) is 24.3 Å². The Labute approximate surface area is 155 Å². The van der Waals surface area contributed by atoms with E-state index in [-0.39, 0.29) is 18.6 Å². The van der Waals surface area contributed by atoms with Crippen LogP contribution in [0, 0.1) is 0 Å². The SMILES string of the molecule is NCCCOC1CCN(C(=O)CNC(=O)c2ccccc2C(F)(F)F)CC1. The molecule has 1 saturated heterocycles. The number of nitrogens with zero attached hydrogens (tertiary/aromatic N) is 1. The summed E-state index contributed by atoms with van der Waals surface area (Å²) in [6, 6.07) is 4.49. The van der Waals surface area contributed by atoms with Gasteiger partial charge in [0.25, 0.3) is 5.91 Å². The fourth-order valence-electron chi connectivity index (χ4n) is 2.90. The third-order valence-corrected chi connectivity index (χ3v) is 4.37. The quantitative estimate of drug-likeness (QED) is 0.699. The lowest BCUT2D eigenvalue weighted by Gasteiger charge is -2.32. The van der Waals surface area contributed by atoms with Gasteiger partial charge < -0.3 is 20.7 Å². The van der Waals surface area contributed by atoms with Crippen molar-refractivity contribution in [2.45, 2.75) is 31.5 Å². The van der Waals surface area contributed by atoms with Crippen molar-refractivity contribution in [3.8, 4) is 0 Å². The second-order valence-corrected chi connectivity index (χ2v) is 6.32. The Kier molecular flexibility index (Phi) is 7.61. The van der Waals surface area contributed by atoms with Crippen LogP contribution in [0.5, 0.6) is 0 Å². The first-order valence-electron chi connectivity index (χ1n) is 8.86. The second kappa shape index (κ2) is 9.70. The number of rotatable bonds is 7. The van der Waals surface area contributed by atoms with E-state index in [0.717, 1.165) is 18.6 Å². The summed E-state index contributed by atoms with van der Waals surface area (Å²) in [6.45, 7) is 1.78. The maximum Gasteiger partial charge on any atom is 0.417 e. The number of hydrogen-bond donors (Lipinski definition) is 2. The summed E-state index contributed by atoms with van der Waals surface area (Å²) in [5.74, 6) is -1.25. The van der Waals surface area contributed by atoms with Gasteiger partial charge in [-0.1, -0.05) is 12.1 Å². The van der Waals surface area contributed by atoms with Crippen molar-refractivity contribution >= 4 is 11.8 Å². The highest BCUT2D eigenvalue weighted by atomic mass is 19.4. The highest BCUT2D eigenvalue weighted by Gasteiger charge is 2.35. The van der Waals surface area contributed by atoms with E-state index >= 15 is 0 Å². The van der Waals surface area contributed by atoms with Crippen molar-refractivity contribution in [2.75, 3.05) is 32.8 Å². The van der Waals surface area contributed by atoms with Crippen LogP contribution < -0.4 is 11.1 Å². The van der Waals surface area contributed by atoms with Gasteiger partial charge in [-0.05, 0) is 37.9 Å². The zero-order valence-electron chi connectivity index (χ0n) is 14.9. The van der Waals surface area contributed by atoms with E-state index in [2.05, 4.69) is 5.32 Å². The number of carbonyl (C=O) groups is 2. The Balaban J connectivity index is 1.82. The molecule has 1 aliphatic rings. The molecule has 1 aromatic rings. The molecule has 0 aromatic heterocycles. The molecule has 2 amide bonds. The maximum absolute atomic E-state index is 13.0. The van der Waals surface area contributed by atoms with Crippen LogP contribution in [-0.2, 0) is 15.7 Å². The van der Waals surface area contributed by atoms with Crippen molar-refractivity contribution < 1.29 is 27.5 Å². The third kappa shape index (κ3) is 6.21. The first-order chi connectivity index (χ1) is 12.8. The van der Waals surface area contributed by atoms with Crippen LogP contribution in [0.4, 0.5) is 13.2 Å². The van der Waals surface area contributed by atoms with Crippen LogP contribution in [0.3, 0.4) is 0 Å². The number of amides is 2. The van der Waals surface area contributed by atoms with Crippen LogP contribution in [0.2, 0.25) is 0 Å². The standard InChI is InChI=1S/C18H24F3N3O3/c19-18(20,21)15-5-2-1-4-14(15)17(26)23-12-16(25)24-9-6-13(7-10-24)27-11-3-8-22/h1-2,4-5,13H,3,6-12,22H2,(H,23,26). The molecule has 1 aliphatic heterocycles. The number of likely N-dealkylation sites (tertiary alicyclic amines) is 1. The average molecular weight is 387 g/mol. The lowest BCUT2D eigenvalue weighted by Crippen LogP contribution is -2.45. The van der Waals surface area contributed by atoms with Crippen LogP contribution >= 0.6 is 0 Å². The molecule has 27 heavy (non-hydrogen) atoms. The molecule has 3 N–H and O–H groups in total. The van der Waals surface area contributed by atoms with Gasteiger partial charge >= 0.3 is 6.18 Å². The number of ether oxygens (including phenoxy) is 1. The Morgan fingerprint density at radius 1 is 1.22 bits per heavy atom. The zero-order chi connectivity index (χ0) is 19.9. The summed E-state index contributed by atoms with van der Waals surface area (Å²) in [7, 11) is 0. The summed E-state index contributed by atoms with van der Waals surface area (Å²) < 4.78 is 44.6. The molecule has 1 fully saturated rings. The molecule has 6 nitrogen and oxygen atoms in total. The molecule has 0 saturated carbocycles. The molecule has 0 bridgehead atoms. The largest absolute Gasteiger partial charge is 0.417 e.